The number of alkyl halides is 1. The van der Waals surface area contributed by atoms with Gasteiger partial charge in [-0.05, 0) is 18.4 Å². The third kappa shape index (κ3) is 3.18. The van der Waals surface area contributed by atoms with E-state index in [0.717, 1.165) is 4.43 Å². The van der Waals surface area contributed by atoms with Crippen molar-refractivity contribution < 1.29 is 4.74 Å². The highest BCUT2D eigenvalue weighted by Crippen LogP contribution is 2.30. The van der Waals surface area contributed by atoms with Crippen molar-refractivity contribution >= 4 is 22.6 Å². The first-order valence-electron chi connectivity index (χ1n) is 5.66. The van der Waals surface area contributed by atoms with Crippen LogP contribution in [0, 0.1) is 0 Å². The number of hydrogen-bond acceptors (Lipinski definition) is 1. The molecule has 0 N–H and O–H groups in total. The number of halogens is 1. The Morgan fingerprint density at radius 1 is 1.13 bits per heavy atom. The first-order valence-corrected chi connectivity index (χ1v) is 7.19. The lowest BCUT2D eigenvalue weighted by molar-refractivity contribution is 0.00493. The molecule has 1 aromatic carbocycles. The predicted octanol–water partition coefficient (Wildman–Crippen LogP) is 4.12. The highest BCUT2D eigenvalue weighted by molar-refractivity contribution is 14.1. The second kappa shape index (κ2) is 5.85. The van der Waals surface area contributed by atoms with E-state index in [0.29, 0.717) is 12.2 Å². The Hall–Kier alpha value is -0.0900. The molecule has 1 aromatic rings. The molecule has 0 saturated carbocycles. The summed E-state index contributed by atoms with van der Waals surface area (Å²) in [6, 6.07) is 10.6. The molecule has 0 unspecified atom stereocenters. The van der Waals surface area contributed by atoms with E-state index >= 15 is 0 Å². The average molecular weight is 316 g/mol. The fourth-order valence-electron chi connectivity index (χ4n) is 2.10. The summed E-state index contributed by atoms with van der Waals surface area (Å²) >= 11 is 2.43. The summed E-state index contributed by atoms with van der Waals surface area (Å²) in [6.07, 6.45) is 5.81. The van der Waals surface area contributed by atoms with E-state index in [2.05, 4.69) is 52.9 Å². The summed E-state index contributed by atoms with van der Waals surface area (Å²) in [6.45, 7) is 0. The summed E-state index contributed by atoms with van der Waals surface area (Å²) < 4.78 is 7.25. The Balaban J connectivity index is 2.07. The second-order valence-electron chi connectivity index (χ2n) is 4.10. The van der Waals surface area contributed by atoms with Crippen molar-refractivity contribution in [1.82, 2.24) is 0 Å². The van der Waals surface area contributed by atoms with Crippen LogP contribution in [0.25, 0.3) is 0 Å². The Morgan fingerprint density at radius 2 is 1.87 bits per heavy atom. The molecule has 0 amide bonds. The van der Waals surface area contributed by atoms with Crippen molar-refractivity contribution in [2.45, 2.75) is 37.9 Å². The van der Waals surface area contributed by atoms with Crippen molar-refractivity contribution in [1.29, 1.82) is 0 Å². The van der Waals surface area contributed by atoms with Gasteiger partial charge < -0.3 is 4.74 Å². The Bertz CT molecular complexity index is 286. The number of benzene rings is 1. The van der Waals surface area contributed by atoms with Gasteiger partial charge in [-0.25, -0.2) is 0 Å². The first-order chi connectivity index (χ1) is 7.40. The number of hydrogen-bond donors (Lipinski definition) is 0. The van der Waals surface area contributed by atoms with Crippen molar-refractivity contribution in [3.63, 3.8) is 0 Å². The molecule has 0 bridgehead atoms. The van der Waals surface area contributed by atoms with Crippen molar-refractivity contribution in [3.05, 3.63) is 35.9 Å². The van der Waals surface area contributed by atoms with E-state index in [9.17, 15) is 0 Å². The van der Waals surface area contributed by atoms with E-state index in [1.807, 2.05) is 0 Å². The van der Waals surface area contributed by atoms with Crippen molar-refractivity contribution in [3.8, 4) is 0 Å². The van der Waals surface area contributed by atoms with Gasteiger partial charge in [-0.3, -0.25) is 0 Å². The predicted molar refractivity (Wildman–Crippen MR) is 71.4 cm³/mol. The second-order valence-corrected chi connectivity index (χ2v) is 4.98. The maximum atomic E-state index is 6.14. The quantitative estimate of drug-likeness (QED) is 0.589. The van der Waals surface area contributed by atoms with E-state index in [1.54, 1.807) is 0 Å². The molecule has 0 spiro atoms. The minimum absolute atomic E-state index is 0.327. The molecule has 1 heterocycles. The van der Waals surface area contributed by atoms with Gasteiger partial charge in [0.25, 0.3) is 0 Å². The molecule has 2 rings (SSSR count). The smallest absolute Gasteiger partial charge is 0.0829 e. The molecule has 82 valence electrons. The lowest BCUT2D eigenvalue weighted by Crippen LogP contribution is -2.15. The highest BCUT2D eigenvalue weighted by atomic mass is 127. The SMILES string of the molecule is IC[C@H]1CCCC[C@@H](c2ccccc2)O1. The molecule has 2 atom stereocenters. The highest BCUT2D eigenvalue weighted by Gasteiger charge is 2.20. The van der Waals surface area contributed by atoms with Crippen LogP contribution in [0.15, 0.2) is 30.3 Å². The lowest BCUT2D eigenvalue weighted by Gasteiger charge is -2.20. The molecule has 15 heavy (non-hydrogen) atoms. The summed E-state index contributed by atoms with van der Waals surface area (Å²) in [7, 11) is 0. The number of ether oxygens (including phenoxy) is 1. The summed E-state index contributed by atoms with van der Waals surface area (Å²) in [5.41, 5.74) is 1.34. The van der Waals surface area contributed by atoms with E-state index in [-0.39, 0.29) is 0 Å². The molecule has 0 radical (unpaired) electrons. The molecule has 0 aliphatic carbocycles. The first kappa shape index (κ1) is 11.4. The fourth-order valence-corrected chi connectivity index (χ4v) is 2.74. The molecular weight excluding hydrogens is 299 g/mol. The van der Waals surface area contributed by atoms with Crippen molar-refractivity contribution in [2.24, 2.45) is 0 Å². The van der Waals surface area contributed by atoms with Crippen LogP contribution < -0.4 is 0 Å². The van der Waals surface area contributed by atoms with Gasteiger partial charge in [-0.15, -0.1) is 0 Å². The molecule has 1 aliphatic rings. The largest absolute Gasteiger partial charge is 0.370 e. The molecule has 0 aromatic heterocycles. The van der Waals surface area contributed by atoms with E-state index in [1.165, 1.54) is 31.2 Å². The average Bonchev–Trinajstić information content (AvgIpc) is 2.55. The van der Waals surface area contributed by atoms with E-state index in [4.69, 9.17) is 4.74 Å². The van der Waals surface area contributed by atoms with E-state index < -0.39 is 0 Å². The zero-order valence-electron chi connectivity index (χ0n) is 8.86. The molecule has 1 nitrogen and oxygen atoms in total. The molecule has 1 aliphatic heterocycles. The summed E-state index contributed by atoms with van der Waals surface area (Å²) in [5, 5.41) is 0. The molecule has 1 fully saturated rings. The molecular formula is C13H17IO. The van der Waals surface area contributed by atoms with Crippen LogP contribution in [0.4, 0.5) is 0 Å². The topological polar surface area (TPSA) is 9.23 Å². The van der Waals surface area contributed by atoms with Gasteiger partial charge in [-0.1, -0.05) is 65.8 Å². The third-order valence-corrected chi connectivity index (χ3v) is 3.92. The van der Waals surface area contributed by atoms with Gasteiger partial charge in [0.1, 0.15) is 0 Å². The Kier molecular flexibility index (Phi) is 4.44. The third-order valence-electron chi connectivity index (χ3n) is 2.94. The Labute approximate surface area is 105 Å². The van der Waals surface area contributed by atoms with Crippen LogP contribution in [-0.4, -0.2) is 10.5 Å². The maximum absolute atomic E-state index is 6.14. The van der Waals surface area contributed by atoms with Gasteiger partial charge in [0, 0.05) is 4.43 Å². The minimum Gasteiger partial charge on any atom is -0.370 e. The van der Waals surface area contributed by atoms with Crippen molar-refractivity contribution in [2.75, 3.05) is 4.43 Å². The minimum atomic E-state index is 0.327. The van der Waals surface area contributed by atoms with Crippen LogP contribution in [-0.2, 0) is 4.74 Å². The standard InChI is InChI=1S/C13H17IO/c14-10-12-8-4-5-9-13(15-12)11-6-2-1-3-7-11/h1-3,6-7,12-13H,4-5,8-10H2/t12-,13+/m1/s1. The summed E-state index contributed by atoms with van der Waals surface area (Å²) in [4.78, 5) is 0. The van der Waals surface area contributed by atoms with Crippen LogP contribution in [0.5, 0.6) is 0 Å². The van der Waals surface area contributed by atoms with Gasteiger partial charge in [-0.2, -0.15) is 0 Å². The van der Waals surface area contributed by atoms with Gasteiger partial charge in [0.2, 0.25) is 0 Å². The molecule has 2 heteroatoms. The lowest BCUT2D eigenvalue weighted by atomic mass is 10.0. The zero-order valence-corrected chi connectivity index (χ0v) is 11.0. The van der Waals surface area contributed by atoms with Gasteiger partial charge >= 0.3 is 0 Å². The molecule has 1 saturated heterocycles. The monoisotopic (exact) mass is 316 g/mol. The van der Waals surface area contributed by atoms with Crippen LogP contribution in [0.1, 0.15) is 37.4 Å². The van der Waals surface area contributed by atoms with Crippen LogP contribution in [0.2, 0.25) is 0 Å². The van der Waals surface area contributed by atoms with Crippen LogP contribution >= 0.6 is 22.6 Å². The fraction of sp³-hybridized carbons (Fsp3) is 0.538. The zero-order chi connectivity index (χ0) is 10.5. The normalized spacial score (nSPS) is 27.3. The van der Waals surface area contributed by atoms with Gasteiger partial charge in [0.15, 0.2) is 0 Å². The summed E-state index contributed by atoms with van der Waals surface area (Å²) in [5.74, 6) is 0. The Morgan fingerprint density at radius 3 is 2.60 bits per heavy atom. The van der Waals surface area contributed by atoms with Crippen LogP contribution in [0.3, 0.4) is 0 Å². The number of rotatable bonds is 2. The van der Waals surface area contributed by atoms with Gasteiger partial charge in [0.05, 0.1) is 12.2 Å². The maximum Gasteiger partial charge on any atom is 0.0829 e.